The predicted molar refractivity (Wildman–Crippen MR) is 77.8 cm³/mol. The van der Waals surface area contributed by atoms with Crippen LogP contribution in [0, 0.1) is 0 Å². The summed E-state index contributed by atoms with van der Waals surface area (Å²) < 4.78 is 5.10. The van der Waals surface area contributed by atoms with Gasteiger partial charge in [0.15, 0.2) is 0 Å². The number of amides is 2. The molecule has 2 N–H and O–H groups in total. The van der Waals surface area contributed by atoms with Crippen molar-refractivity contribution in [2.75, 3.05) is 39.6 Å². The first-order chi connectivity index (χ1) is 9.54. The summed E-state index contributed by atoms with van der Waals surface area (Å²) in [5.41, 5.74) is 0.475. The van der Waals surface area contributed by atoms with E-state index >= 15 is 0 Å². The third kappa shape index (κ3) is 5.27. The van der Waals surface area contributed by atoms with Gasteiger partial charge < -0.3 is 20.3 Å². The average Bonchev–Trinajstić information content (AvgIpc) is 2.43. The maximum absolute atomic E-state index is 11.7. The highest BCUT2D eigenvalue weighted by atomic mass is 16.5. The molecule has 1 aromatic carbocycles. The summed E-state index contributed by atoms with van der Waals surface area (Å²) in [7, 11) is 5.42. The minimum absolute atomic E-state index is 0.469. The zero-order valence-electron chi connectivity index (χ0n) is 12.1. The van der Waals surface area contributed by atoms with Gasteiger partial charge in [0.1, 0.15) is 5.75 Å². The Kier molecular flexibility index (Phi) is 6.52. The van der Waals surface area contributed by atoms with Crippen LogP contribution < -0.4 is 15.4 Å². The Labute approximate surface area is 119 Å². The third-order valence-corrected chi connectivity index (χ3v) is 2.63. The molecule has 1 aromatic rings. The fourth-order valence-corrected chi connectivity index (χ4v) is 1.60. The van der Waals surface area contributed by atoms with E-state index in [2.05, 4.69) is 10.6 Å². The number of para-hydroxylation sites is 2. The van der Waals surface area contributed by atoms with Crippen molar-refractivity contribution in [3.63, 3.8) is 0 Å². The molecule has 6 heteroatoms. The Morgan fingerprint density at radius 3 is 2.55 bits per heavy atom. The number of ether oxygens (including phenoxy) is 1. The lowest BCUT2D eigenvalue weighted by atomic mass is 10.3. The highest BCUT2D eigenvalue weighted by molar-refractivity contribution is 6.39. The van der Waals surface area contributed by atoms with Gasteiger partial charge in [-0.1, -0.05) is 12.1 Å². The van der Waals surface area contributed by atoms with Crippen molar-refractivity contribution in [3.05, 3.63) is 24.3 Å². The maximum Gasteiger partial charge on any atom is 0.313 e. The number of hydrogen-bond donors (Lipinski definition) is 2. The van der Waals surface area contributed by atoms with Crippen LogP contribution in [0.1, 0.15) is 6.42 Å². The number of rotatable bonds is 6. The molecule has 20 heavy (non-hydrogen) atoms. The molecule has 1 rings (SSSR count). The second kappa shape index (κ2) is 8.16. The molecule has 0 bridgehead atoms. The Bertz CT molecular complexity index is 461. The van der Waals surface area contributed by atoms with Gasteiger partial charge in [0.25, 0.3) is 0 Å². The molecule has 6 nitrogen and oxygen atoms in total. The molecule has 0 aliphatic carbocycles. The predicted octanol–water partition coefficient (Wildman–Crippen LogP) is 0.702. The fourth-order valence-electron chi connectivity index (χ4n) is 1.60. The van der Waals surface area contributed by atoms with Gasteiger partial charge in [0.05, 0.1) is 12.8 Å². The lowest BCUT2D eigenvalue weighted by Crippen LogP contribution is -2.36. The standard InChI is InChI=1S/C14H21N3O3/c1-17(2)10-6-9-15-13(18)14(19)16-11-7-4-5-8-12(11)20-3/h4-5,7-8H,6,9-10H2,1-3H3,(H,15,18)(H,16,19). The van der Waals surface area contributed by atoms with Gasteiger partial charge in [-0.2, -0.15) is 0 Å². The quantitative estimate of drug-likeness (QED) is 0.594. The molecule has 0 aliphatic rings. The highest BCUT2D eigenvalue weighted by Crippen LogP contribution is 2.22. The van der Waals surface area contributed by atoms with Gasteiger partial charge in [0.2, 0.25) is 0 Å². The molecule has 0 saturated heterocycles. The summed E-state index contributed by atoms with van der Waals surface area (Å²) in [6, 6.07) is 6.93. The van der Waals surface area contributed by atoms with Crippen molar-refractivity contribution in [2.24, 2.45) is 0 Å². The van der Waals surface area contributed by atoms with Crippen LogP contribution in [0.15, 0.2) is 24.3 Å². The molecule has 110 valence electrons. The van der Waals surface area contributed by atoms with Crippen molar-refractivity contribution >= 4 is 17.5 Å². The van der Waals surface area contributed by atoms with Crippen LogP contribution in [-0.2, 0) is 9.59 Å². The van der Waals surface area contributed by atoms with Crippen LogP contribution in [0.4, 0.5) is 5.69 Å². The number of anilines is 1. The van der Waals surface area contributed by atoms with Crippen molar-refractivity contribution < 1.29 is 14.3 Å². The highest BCUT2D eigenvalue weighted by Gasteiger charge is 2.14. The van der Waals surface area contributed by atoms with Crippen molar-refractivity contribution in [1.82, 2.24) is 10.2 Å². The molecular formula is C14H21N3O3. The second-order valence-electron chi connectivity index (χ2n) is 4.57. The van der Waals surface area contributed by atoms with Gasteiger partial charge >= 0.3 is 11.8 Å². The number of hydrogen-bond acceptors (Lipinski definition) is 4. The monoisotopic (exact) mass is 279 g/mol. The first-order valence-electron chi connectivity index (χ1n) is 6.41. The van der Waals surface area contributed by atoms with E-state index in [0.717, 1.165) is 13.0 Å². The van der Waals surface area contributed by atoms with Crippen LogP contribution in [0.25, 0.3) is 0 Å². The van der Waals surface area contributed by atoms with E-state index in [-0.39, 0.29) is 0 Å². The van der Waals surface area contributed by atoms with Crippen molar-refractivity contribution in [2.45, 2.75) is 6.42 Å². The zero-order chi connectivity index (χ0) is 15.0. The Morgan fingerprint density at radius 2 is 1.90 bits per heavy atom. The minimum atomic E-state index is -0.695. The zero-order valence-corrected chi connectivity index (χ0v) is 12.1. The molecule has 0 atom stereocenters. The number of carbonyl (C=O) groups excluding carboxylic acids is 2. The molecule has 0 aliphatic heterocycles. The van der Waals surface area contributed by atoms with Crippen molar-refractivity contribution in [3.8, 4) is 5.75 Å². The molecule has 0 spiro atoms. The van der Waals surface area contributed by atoms with Gasteiger partial charge in [0, 0.05) is 6.54 Å². The average molecular weight is 279 g/mol. The van der Waals surface area contributed by atoms with Crippen LogP contribution in [0.3, 0.4) is 0 Å². The Balaban J connectivity index is 2.43. The molecule has 0 aromatic heterocycles. The number of benzene rings is 1. The number of nitrogens with one attached hydrogen (secondary N) is 2. The van der Waals surface area contributed by atoms with E-state index in [1.807, 2.05) is 19.0 Å². The molecule has 0 heterocycles. The maximum atomic E-state index is 11.7. The van der Waals surface area contributed by atoms with Crippen LogP contribution in [0.2, 0.25) is 0 Å². The van der Waals surface area contributed by atoms with Crippen LogP contribution in [-0.4, -0.2) is 51.0 Å². The van der Waals surface area contributed by atoms with Gasteiger partial charge in [-0.3, -0.25) is 9.59 Å². The molecule has 0 unspecified atom stereocenters. The number of methoxy groups -OCH3 is 1. The van der Waals surface area contributed by atoms with Gasteiger partial charge in [-0.05, 0) is 39.2 Å². The summed E-state index contributed by atoms with van der Waals surface area (Å²) in [4.78, 5) is 25.3. The Morgan fingerprint density at radius 1 is 1.20 bits per heavy atom. The lowest BCUT2D eigenvalue weighted by molar-refractivity contribution is -0.136. The molecule has 0 radical (unpaired) electrons. The first-order valence-corrected chi connectivity index (χ1v) is 6.41. The summed E-state index contributed by atoms with van der Waals surface area (Å²) in [5.74, 6) is -0.824. The first kappa shape index (κ1) is 16.0. The van der Waals surface area contributed by atoms with E-state index in [1.165, 1.54) is 7.11 Å². The smallest absolute Gasteiger partial charge is 0.313 e. The number of nitrogens with zero attached hydrogens (tertiary/aromatic N) is 1. The summed E-state index contributed by atoms with van der Waals surface area (Å²) in [6.07, 6.45) is 0.792. The molecule has 0 saturated carbocycles. The van der Waals surface area contributed by atoms with Gasteiger partial charge in [-0.25, -0.2) is 0 Å². The van der Waals surface area contributed by atoms with E-state index in [0.29, 0.717) is 18.0 Å². The molecular weight excluding hydrogens is 258 g/mol. The van der Waals surface area contributed by atoms with Crippen LogP contribution >= 0.6 is 0 Å². The lowest BCUT2D eigenvalue weighted by Gasteiger charge is -2.11. The van der Waals surface area contributed by atoms with E-state index in [4.69, 9.17) is 4.74 Å². The third-order valence-electron chi connectivity index (χ3n) is 2.63. The van der Waals surface area contributed by atoms with E-state index in [9.17, 15) is 9.59 Å². The Hall–Kier alpha value is -2.08. The van der Waals surface area contributed by atoms with E-state index < -0.39 is 11.8 Å². The van der Waals surface area contributed by atoms with Crippen molar-refractivity contribution in [1.29, 1.82) is 0 Å². The fraction of sp³-hybridized carbons (Fsp3) is 0.429. The summed E-state index contributed by atoms with van der Waals surface area (Å²) >= 11 is 0. The summed E-state index contributed by atoms with van der Waals surface area (Å²) in [6.45, 7) is 1.32. The normalized spacial score (nSPS) is 10.2. The minimum Gasteiger partial charge on any atom is -0.495 e. The van der Waals surface area contributed by atoms with Gasteiger partial charge in [-0.15, -0.1) is 0 Å². The van der Waals surface area contributed by atoms with E-state index in [1.54, 1.807) is 24.3 Å². The topological polar surface area (TPSA) is 70.7 Å². The molecule has 2 amide bonds. The summed E-state index contributed by atoms with van der Waals surface area (Å²) in [5, 5.41) is 5.10. The number of carbonyl (C=O) groups is 2. The largest absolute Gasteiger partial charge is 0.495 e. The second-order valence-corrected chi connectivity index (χ2v) is 4.57. The molecule has 0 fully saturated rings. The van der Waals surface area contributed by atoms with Crippen LogP contribution in [0.5, 0.6) is 5.75 Å². The SMILES string of the molecule is COc1ccccc1NC(=O)C(=O)NCCCN(C)C.